The molecule has 64 valence electrons. The topological polar surface area (TPSA) is 38.0 Å². The molecule has 0 aromatic heterocycles. The fourth-order valence-corrected chi connectivity index (χ4v) is 1.68. The van der Waals surface area contributed by atoms with Crippen LogP contribution in [0.1, 0.15) is 24.4 Å². The van der Waals surface area contributed by atoms with Crippen LogP contribution in [-0.2, 0) is 0 Å². The fraction of sp³-hybridized carbons (Fsp3) is 0.400. The number of fused-ring (bicyclic) bond motifs is 1. The highest BCUT2D eigenvalue weighted by molar-refractivity contribution is 5.53. The van der Waals surface area contributed by atoms with E-state index in [1.165, 1.54) is 11.3 Å². The van der Waals surface area contributed by atoms with E-state index in [2.05, 4.69) is 17.4 Å². The standard InChI is InChI=1S/C10H14N2/c11-9-5-3-7-12-10-6-2-1-4-8(9)10/h1-2,4,6,9,12H,3,5,7,11H2/t9-/m0/s1. The number of nitrogens with two attached hydrogens (primary N) is 1. The van der Waals surface area contributed by atoms with E-state index in [0.717, 1.165) is 19.4 Å². The van der Waals surface area contributed by atoms with E-state index >= 15 is 0 Å². The molecule has 0 saturated heterocycles. The van der Waals surface area contributed by atoms with E-state index in [9.17, 15) is 0 Å². The molecule has 0 spiro atoms. The summed E-state index contributed by atoms with van der Waals surface area (Å²) in [6.07, 6.45) is 2.25. The lowest BCUT2D eigenvalue weighted by Gasteiger charge is -2.11. The zero-order chi connectivity index (χ0) is 8.39. The Labute approximate surface area is 72.8 Å². The van der Waals surface area contributed by atoms with Crippen LogP contribution >= 0.6 is 0 Å². The van der Waals surface area contributed by atoms with E-state index in [4.69, 9.17) is 5.73 Å². The first kappa shape index (κ1) is 7.62. The van der Waals surface area contributed by atoms with E-state index in [1.807, 2.05) is 12.1 Å². The molecule has 2 heteroatoms. The second-order valence-corrected chi connectivity index (χ2v) is 3.26. The highest BCUT2D eigenvalue weighted by atomic mass is 14.9. The summed E-state index contributed by atoms with van der Waals surface area (Å²) in [4.78, 5) is 0. The van der Waals surface area contributed by atoms with E-state index in [0.29, 0.717) is 0 Å². The van der Waals surface area contributed by atoms with Crippen LogP contribution in [0, 0.1) is 0 Å². The molecule has 0 saturated carbocycles. The SMILES string of the molecule is N[C@H]1CCCNc2ccccc21. The first-order chi connectivity index (χ1) is 5.88. The number of hydrogen-bond donors (Lipinski definition) is 2. The van der Waals surface area contributed by atoms with Gasteiger partial charge in [-0.15, -0.1) is 0 Å². The Balaban J connectivity index is 2.39. The van der Waals surface area contributed by atoms with Crippen molar-refractivity contribution in [1.29, 1.82) is 0 Å². The molecule has 0 bridgehead atoms. The minimum atomic E-state index is 0.219. The van der Waals surface area contributed by atoms with Crippen molar-refractivity contribution >= 4 is 5.69 Å². The van der Waals surface area contributed by atoms with Crippen LogP contribution in [0.4, 0.5) is 5.69 Å². The third-order valence-electron chi connectivity index (χ3n) is 2.37. The Bertz CT molecular complexity index is 270. The summed E-state index contributed by atoms with van der Waals surface area (Å²) in [6.45, 7) is 1.05. The van der Waals surface area contributed by atoms with Gasteiger partial charge in [-0.1, -0.05) is 18.2 Å². The Morgan fingerprint density at radius 1 is 1.33 bits per heavy atom. The van der Waals surface area contributed by atoms with Crippen molar-refractivity contribution in [2.75, 3.05) is 11.9 Å². The van der Waals surface area contributed by atoms with Gasteiger partial charge in [-0.2, -0.15) is 0 Å². The number of benzene rings is 1. The van der Waals surface area contributed by atoms with Gasteiger partial charge in [0.1, 0.15) is 0 Å². The third kappa shape index (κ3) is 1.30. The molecular formula is C10H14N2. The molecule has 0 amide bonds. The Morgan fingerprint density at radius 2 is 2.17 bits per heavy atom. The van der Waals surface area contributed by atoms with Crippen molar-refractivity contribution in [1.82, 2.24) is 0 Å². The monoisotopic (exact) mass is 162 g/mol. The molecule has 2 rings (SSSR count). The average molecular weight is 162 g/mol. The summed E-state index contributed by atoms with van der Waals surface area (Å²) < 4.78 is 0. The van der Waals surface area contributed by atoms with Gasteiger partial charge in [-0.25, -0.2) is 0 Å². The number of hydrogen-bond acceptors (Lipinski definition) is 2. The smallest absolute Gasteiger partial charge is 0.0388 e. The van der Waals surface area contributed by atoms with Gasteiger partial charge >= 0.3 is 0 Å². The maximum atomic E-state index is 6.01. The Morgan fingerprint density at radius 3 is 3.08 bits per heavy atom. The summed E-state index contributed by atoms with van der Waals surface area (Å²) in [5.41, 5.74) is 8.48. The highest BCUT2D eigenvalue weighted by Crippen LogP contribution is 2.26. The van der Waals surface area contributed by atoms with Crippen molar-refractivity contribution in [3.63, 3.8) is 0 Å². The highest BCUT2D eigenvalue weighted by Gasteiger charge is 2.12. The van der Waals surface area contributed by atoms with Crippen molar-refractivity contribution in [3.05, 3.63) is 29.8 Å². The van der Waals surface area contributed by atoms with Gasteiger partial charge < -0.3 is 11.1 Å². The quantitative estimate of drug-likeness (QED) is 0.611. The average Bonchev–Trinajstić information content (AvgIpc) is 2.29. The van der Waals surface area contributed by atoms with Gasteiger partial charge in [0, 0.05) is 18.3 Å². The molecule has 2 nitrogen and oxygen atoms in total. The molecule has 0 fully saturated rings. The second kappa shape index (κ2) is 3.15. The van der Waals surface area contributed by atoms with Gasteiger partial charge in [0.05, 0.1) is 0 Å². The largest absolute Gasteiger partial charge is 0.385 e. The van der Waals surface area contributed by atoms with Crippen LogP contribution in [0.25, 0.3) is 0 Å². The molecule has 1 aliphatic rings. The van der Waals surface area contributed by atoms with Crippen LogP contribution in [0.15, 0.2) is 24.3 Å². The van der Waals surface area contributed by atoms with Gasteiger partial charge in [0.2, 0.25) is 0 Å². The molecule has 0 aliphatic carbocycles. The number of para-hydroxylation sites is 1. The van der Waals surface area contributed by atoms with Gasteiger partial charge in [-0.3, -0.25) is 0 Å². The van der Waals surface area contributed by atoms with E-state index in [1.54, 1.807) is 0 Å². The van der Waals surface area contributed by atoms with Crippen molar-refractivity contribution < 1.29 is 0 Å². The molecule has 1 aliphatic heterocycles. The normalized spacial score (nSPS) is 22.2. The zero-order valence-corrected chi connectivity index (χ0v) is 7.09. The van der Waals surface area contributed by atoms with Gasteiger partial charge in [0.25, 0.3) is 0 Å². The van der Waals surface area contributed by atoms with Crippen LogP contribution in [0.2, 0.25) is 0 Å². The lowest BCUT2D eigenvalue weighted by molar-refractivity contribution is 0.642. The molecule has 0 radical (unpaired) electrons. The number of anilines is 1. The van der Waals surface area contributed by atoms with Crippen LogP contribution in [0.3, 0.4) is 0 Å². The minimum absolute atomic E-state index is 0.219. The van der Waals surface area contributed by atoms with Crippen molar-refractivity contribution in [2.24, 2.45) is 5.73 Å². The molecule has 1 heterocycles. The molecule has 3 N–H and O–H groups in total. The van der Waals surface area contributed by atoms with E-state index in [-0.39, 0.29) is 6.04 Å². The maximum Gasteiger partial charge on any atom is 0.0388 e. The van der Waals surface area contributed by atoms with Crippen LogP contribution < -0.4 is 11.1 Å². The lowest BCUT2D eigenvalue weighted by atomic mass is 10.0. The predicted octanol–water partition coefficient (Wildman–Crippen LogP) is 1.89. The Kier molecular flexibility index (Phi) is 2.00. The van der Waals surface area contributed by atoms with E-state index < -0.39 is 0 Å². The molecule has 12 heavy (non-hydrogen) atoms. The summed E-state index contributed by atoms with van der Waals surface area (Å²) >= 11 is 0. The first-order valence-corrected chi connectivity index (χ1v) is 4.46. The summed E-state index contributed by atoms with van der Waals surface area (Å²) in [5, 5.41) is 3.38. The summed E-state index contributed by atoms with van der Waals surface area (Å²) in [7, 11) is 0. The molecule has 1 atom stereocenters. The minimum Gasteiger partial charge on any atom is -0.385 e. The molecular weight excluding hydrogens is 148 g/mol. The summed E-state index contributed by atoms with van der Waals surface area (Å²) in [5.74, 6) is 0. The molecule has 1 aromatic rings. The lowest BCUT2D eigenvalue weighted by Crippen LogP contribution is -2.08. The number of rotatable bonds is 0. The van der Waals surface area contributed by atoms with Gasteiger partial charge in [0.15, 0.2) is 0 Å². The first-order valence-electron chi connectivity index (χ1n) is 4.46. The second-order valence-electron chi connectivity index (χ2n) is 3.26. The molecule has 1 aromatic carbocycles. The zero-order valence-electron chi connectivity index (χ0n) is 7.09. The summed E-state index contributed by atoms with van der Waals surface area (Å²) in [6, 6.07) is 8.52. The predicted molar refractivity (Wildman–Crippen MR) is 51.1 cm³/mol. The van der Waals surface area contributed by atoms with Gasteiger partial charge in [-0.05, 0) is 24.5 Å². The Hall–Kier alpha value is -1.02. The van der Waals surface area contributed by atoms with Crippen molar-refractivity contribution in [2.45, 2.75) is 18.9 Å². The fourth-order valence-electron chi connectivity index (χ4n) is 1.68. The van der Waals surface area contributed by atoms with Crippen LogP contribution in [-0.4, -0.2) is 6.54 Å². The number of nitrogens with one attached hydrogen (secondary N) is 1. The maximum absolute atomic E-state index is 6.01. The third-order valence-corrected chi connectivity index (χ3v) is 2.37. The van der Waals surface area contributed by atoms with Crippen LogP contribution in [0.5, 0.6) is 0 Å². The van der Waals surface area contributed by atoms with Crippen molar-refractivity contribution in [3.8, 4) is 0 Å². The molecule has 0 unspecified atom stereocenters.